The third-order valence-corrected chi connectivity index (χ3v) is 1.89. The molecule has 0 bridgehead atoms. The van der Waals surface area contributed by atoms with Gasteiger partial charge in [-0.1, -0.05) is 11.6 Å². The van der Waals surface area contributed by atoms with Crippen molar-refractivity contribution in [2.24, 2.45) is 0 Å². The highest BCUT2D eigenvalue weighted by Gasteiger charge is 1.99. The first kappa shape index (κ1) is 6.61. The maximum absolute atomic E-state index is 5.83. The zero-order valence-electron chi connectivity index (χ0n) is 5.95. The molecular weight excluding hydrogens is 162 g/mol. The van der Waals surface area contributed by atoms with E-state index in [2.05, 4.69) is 10.1 Å². The zero-order valence-corrected chi connectivity index (χ0v) is 6.71. The number of aromatic nitrogens is 3. The summed E-state index contributed by atoms with van der Waals surface area (Å²) >= 11 is 5.83. The Bertz CT molecular complexity index is 357. The molecule has 2 aromatic heterocycles. The lowest BCUT2D eigenvalue weighted by atomic mass is 10.4. The van der Waals surface area contributed by atoms with Crippen LogP contribution in [0, 0.1) is 6.92 Å². The van der Waals surface area contributed by atoms with E-state index in [0.29, 0.717) is 5.02 Å². The Morgan fingerprint density at radius 1 is 1.55 bits per heavy atom. The first-order chi connectivity index (χ1) is 5.27. The summed E-state index contributed by atoms with van der Waals surface area (Å²) in [6.07, 6.45) is 3.48. The normalized spacial score (nSPS) is 10.7. The van der Waals surface area contributed by atoms with Crippen molar-refractivity contribution in [2.45, 2.75) is 6.92 Å². The van der Waals surface area contributed by atoms with Gasteiger partial charge in [-0.25, -0.2) is 9.50 Å². The van der Waals surface area contributed by atoms with Gasteiger partial charge < -0.3 is 0 Å². The molecule has 4 heteroatoms. The smallest absolute Gasteiger partial charge is 0.154 e. The molecule has 0 spiro atoms. The molecule has 0 aliphatic rings. The predicted octanol–water partition coefficient (Wildman–Crippen LogP) is 1.69. The van der Waals surface area contributed by atoms with E-state index in [9.17, 15) is 0 Å². The topological polar surface area (TPSA) is 30.2 Å². The molecule has 0 aliphatic carbocycles. The molecule has 11 heavy (non-hydrogen) atoms. The highest BCUT2D eigenvalue weighted by atomic mass is 35.5. The molecule has 0 saturated carbocycles. The molecule has 3 nitrogen and oxygen atoms in total. The predicted molar refractivity (Wildman–Crippen MR) is 42.7 cm³/mol. The Hall–Kier alpha value is -1.09. The minimum atomic E-state index is 0.656. The number of hydrogen-bond acceptors (Lipinski definition) is 2. The van der Waals surface area contributed by atoms with Crippen LogP contribution >= 0.6 is 11.6 Å². The van der Waals surface area contributed by atoms with Crippen molar-refractivity contribution in [2.75, 3.05) is 0 Å². The minimum Gasteiger partial charge on any atom is -0.235 e. The number of rotatable bonds is 0. The molecule has 0 saturated heterocycles. The summed E-state index contributed by atoms with van der Waals surface area (Å²) in [6, 6.07) is 1.80. The van der Waals surface area contributed by atoms with E-state index < -0.39 is 0 Å². The average Bonchev–Trinajstić information content (AvgIpc) is 2.36. The molecule has 2 heterocycles. The summed E-state index contributed by atoms with van der Waals surface area (Å²) in [6.45, 7) is 1.86. The van der Waals surface area contributed by atoms with Crippen molar-refractivity contribution < 1.29 is 0 Å². The molecule has 0 aromatic carbocycles. The first-order valence-electron chi connectivity index (χ1n) is 3.24. The third kappa shape index (κ3) is 0.973. The van der Waals surface area contributed by atoms with E-state index in [0.717, 1.165) is 11.3 Å². The van der Waals surface area contributed by atoms with Crippen molar-refractivity contribution in [1.82, 2.24) is 14.6 Å². The molecule has 0 fully saturated rings. The summed E-state index contributed by atoms with van der Waals surface area (Å²) in [5, 5.41) is 4.81. The van der Waals surface area contributed by atoms with Crippen molar-refractivity contribution in [1.29, 1.82) is 0 Å². The maximum atomic E-state index is 5.83. The lowest BCUT2D eigenvalue weighted by Crippen LogP contribution is -1.93. The molecule has 2 rings (SSSR count). The van der Waals surface area contributed by atoms with Gasteiger partial charge in [0.15, 0.2) is 5.65 Å². The van der Waals surface area contributed by atoms with E-state index >= 15 is 0 Å². The second kappa shape index (κ2) is 2.20. The van der Waals surface area contributed by atoms with Gasteiger partial charge in [0, 0.05) is 18.5 Å². The fourth-order valence-electron chi connectivity index (χ4n) is 0.923. The fourth-order valence-corrected chi connectivity index (χ4v) is 1.06. The van der Waals surface area contributed by atoms with E-state index in [1.807, 2.05) is 6.92 Å². The van der Waals surface area contributed by atoms with E-state index in [1.165, 1.54) is 0 Å². The average molecular weight is 168 g/mol. The maximum Gasteiger partial charge on any atom is 0.154 e. The number of fused-ring (bicyclic) bond motifs is 1. The van der Waals surface area contributed by atoms with Crippen molar-refractivity contribution >= 4 is 17.2 Å². The number of hydrogen-bond donors (Lipinski definition) is 0. The van der Waals surface area contributed by atoms with Gasteiger partial charge in [0.2, 0.25) is 0 Å². The van der Waals surface area contributed by atoms with Gasteiger partial charge in [0.25, 0.3) is 0 Å². The molecule has 56 valence electrons. The zero-order chi connectivity index (χ0) is 7.84. The summed E-state index contributed by atoms with van der Waals surface area (Å²) in [5.74, 6) is 0. The van der Waals surface area contributed by atoms with Crippen molar-refractivity contribution in [3.05, 3.63) is 29.2 Å². The highest BCUT2D eigenvalue weighted by Crippen LogP contribution is 2.13. The second-order valence-electron chi connectivity index (χ2n) is 2.31. The number of imidazole rings is 1. The quantitative estimate of drug-likeness (QED) is 0.598. The van der Waals surface area contributed by atoms with Crippen LogP contribution in [0.3, 0.4) is 0 Å². The summed E-state index contributed by atoms with van der Waals surface area (Å²) < 4.78 is 1.70. The van der Waals surface area contributed by atoms with E-state index in [1.54, 1.807) is 23.0 Å². The Kier molecular flexibility index (Phi) is 1.32. The van der Waals surface area contributed by atoms with Crippen molar-refractivity contribution in [3.63, 3.8) is 0 Å². The minimum absolute atomic E-state index is 0.656. The molecule has 0 aliphatic heterocycles. The summed E-state index contributed by atoms with van der Waals surface area (Å²) in [4.78, 5) is 4.04. The molecule has 0 N–H and O–H groups in total. The molecule has 0 unspecified atom stereocenters. The molecular formula is C7H6ClN3. The molecule has 0 amide bonds. The van der Waals surface area contributed by atoms with Gasteiger partial charge in [0.1, 0.15) is 0 Å². The Labute approximate surface area is 68.6 Å². The SMILES string of the molecule is Cc1nn2ccnc2cc1Cl. The number of halogens is 1. The van der Waals surface area contributed by atoms with Crippen LogP contribution in [0.5, 0.6) is 0 Å². The largest absolute Gasteiger partial charge is 0.235 e. The van der Waals surface area contributed by atoms with Gasteiger partial charge in [-0.05, 0) is 6.92 Å². The Balaban J connectivity index is 2.86. The van der Waals surface area contributed by atoms with Gasteiger partial charge in [-0.3, -0.25) is 0 Å². The fraction of sp³-hybridized carbons (Fsp3) is 0.143. The lowest BCUT2D eigenvalue weighted by molar-refractivity contribution is 0.901. The monoisotopic (exact) mass is 167 g/mol. The number of aryl methyl sites for hydroxylation is 1. The second-order valence-corrected chi connectivity index (χ2v) is 2.71. The van der Waals surface area contributed by atoms with Crippen molar-refractivity contribution in [3.8, 4) is 0 Å². The van der Waals surface area contributed by atoms with Crippen LogP contribution < -0.4 is 0 Å². The lowest BCUT2D eigenvalue weighted by Gasteiger charge is -1.96. The van der Waals surface area contributed by atoms with Gasteiger partial charge in [-0.15, -0.1) is 0 Å². The molecule has 0 atom stereocenters. The summed E-state index contributed by atoms with van der Waals surface area (Å²) in [7, 11) is 0. The van der Waals surface area contributed by atoms with Crippen LogP contribution in [0.2, 0.25) is 5.02 Å². The van der Waals surface area contributed by atoms with E-state index in [-0.39, 0.29) is 0 Å². The van der Waals surface area contributed by atoms with Crippen LogP contribution in [0.25, 0.3) is 5.65 Å². The Morgan fingerprint density at radius 3 is 3.18 bits per heavy atom. The highest BCUT2D eigenvalue weighted by molar-refractivity contribution is 6.31. The van der Waals surface area contributed by atoms with Crippen LogP contribution in [0.1, 0.15) is 5.69 Å². The summed E-state index contributed by atoms with van der Waals surface area (Å²) in [5.41, 5.74) is 1.60. The Morgan fingerprint density at radius 2 is 2.36 bits per heavy atom. The number of nitrogens with zero attached hydrogens (tertiary/aromatic N) is 3. The van der Waals surface area contributed by atoms with Gasteiger partial charge in [-0.2, -0.15) is 5.10 Å². The van der Waals surface area contributed by atoms with Crippen LogP contribution in [0.4, 0.5) is 0 Å². The molecule has 0 radical (unpaired) electrons. The standard InChI is InChI=1S/C7H6ClN3/c1-5-6(8)4-7-9-2-3-11(7)10-5/h2-4H,1H3. The van der Waals surface area contributed by atoms with Crippen LogP contribution in [0.15, 0.2) is 18.5 Å². The first-order valence-corrected chi connectivity index (χ1v) is 3.61. The molecule has 2 aromatic rings. The van der Waals surface area contributed by atoms with E-state index in [4.69, 9.17) is 11.6 Å². The third-order valence-electron chi connectivity index (χ3n) is 1.51. The van der Waals surface area contributed by atoms with Crippen LogP contribution in [-0.4, -0.2) is 14.6 Å². The van der Waals surface area contributed by atoms with Gasteiger partial charge >= 0.3 is 0 Å². The van der Waals surface area contributed by atoms with Crippen LogP contribution in [-0.2, 0) is 0 Å². The van der Waals surface area contributed by atoms with Gasteiger partial charge in [0.05, 0.1) is 10.7 Å².